The smallest absolute Gasteiger partial charge is 0.0314 e. The molecule has 0 aliphatic heterocycles. The Labute approximate surface area is 111 Å². The van der Waals surface area contributed by atoms with Gasteiger partial charge in [-0.25, -0.2) is 0 Å². The number of hydrogen-bond acceptors (Lipinski definition) is 2. The highest BCUT2D eigenvalue weighted by molar-refractivity contribution is 5.39. The molecule has 1 fully saturated rings. The summed E-state index contributed by atoms with van der Waals surface area (Å²) in [6.45, 7) is 5.89. The van der Waals surface area contributed by atoms with E-state index in [1.165, 1.54) is 31.2 Å². The van der Waals surface area contributed by atoms with E-state index < -0.39 is 0 Å². The van der Waals surface area contributed by atoms with E-state index in [-0.39, 0.29) is 0 Å². The molecule has 0 radical (unpaired) electrons. The molecule has 2 heteroatoms. The fourth-order valence-corrected chi connectivity index (χ4v) is 2.89. The molecule has 1 atom stereocenters. The predicted octanol–water partition coefficient (Wildman–Crippen LogP) is 3.37. The first-order valence-corrected chi connectivity index (χ1v) is 7.13. The Kier molecular flexibility index (Phi) is 4.28. The molecule has 0 bridgehead atoms. The van der Waals surface area contributed by atoms with Gasteiger partial charge in [-0.2, -0.15) is 0 Å². The standard InChI is InChI=1S/C16H26N2/c1-16(2)10-9-15(12-16)18-11-3-4-13-5-7-14(17)8-6-13/h5-8,15,18H,3-4,9-12,17H2,1-2H3. The normalized spacial score (nSPS) is 22.2. The highest BCUT2D eigenvalue weighted by Crippen LogP contribution is 2.36. The van der Waals surface area contributed by atoms with Crippen molar-refractivity contribution >= 4 is 5.69 Å². The molecule has 1 aromatic carbocycles. The molecule has 0 aromatic heterocycles. The summed E-state index contributed by atoms with van der Waals surface area (Å²) in [7, 11) is 0. The molecule has 0 spiro atoms. The van der Waals surface area contributed by atoms with Crippen LogP contribution in [-0.2, 0) is 6.42 Å². The van der Waals surface area contributed by atoms with Crippen molar-refractivity contribution in [2.45, 2.75) is 52.0 Å². The molecule has 100 valence electrons. The molecule has 0 saturated heterocycles. The zero-order valence-electron chi connectivity index (χ0n) is 11.7. The van der Waals surface area contributed by atoms with Crippen molar-refractivity contribution in [2.24, 2.45) is 5.41 Å². The Morgan fingerprint density at radius 2 is 2.00 bits per heavy atom. The molecular weight excluding hydrogens is 220 g/mol. The fourth-order valence-electron chi connectivity index (χ4n) is 2.89. The Hall–Kier alpha value is -1.02. The van der Waals surface area contributed by atoms with E-state index in [0.29, 0.717) is 5.41 Å². The minimum Gasteiger partial charge on any atom is -0.399 e. The van der Waals surface area contributed by atoms with Crippen LogP contribution in [-0.4, -0.2) is 12.6 Å². The van der Waals surface area contributed by atoms with E-state index in [0.717, 1.165) is 24.7 Å². The van der Waals surface area contributed by atoms with Crippen LogP contribution in [0.5, 0.6) is 0 Å². The molecule has 1 aliphatic rings. The summed E-state index contributed by atoms with van der Waals surface area (Å²) < 4.78 is 0. The van der Waals surface area contributed by atoms with Gasteiger partial charge in [0.25, 0.3) is 0 Å². The second-order valence-electron chi connectivity index (χ2n) is 6.40. The van der Waals surface area contributed by atoms with Gasteiger partial charge in [-0.15, -0.1) is 0 Å². The molecule has 2 nitrogen and oxygen atoms in total. The van der Waals surface area contributed by atoms with E-state index >= 15 is 0 Å². The number of hydrogen-bond donors (Lipinski definition) is 2. The summed E-state index contributed by atoms with van der Waals surface area (Å²) in [4.78, 5) is 0. The third kappa shape index (κ3) is 4.02. The Morgan fingerprint density at radius 1 is 1.28 bits per heavy atom. The van der Waals surface area contributed by atoms with Gasteiger partial charge in [0.2, 0.25) is 0 Å². The third-order valence-corrected chi connectivity index (χ3v) is 4.02. The van der Waals surface area contributed by atoms with Crippen molar-refractivity contribution in [3.63, 3.8) is 0 Å². The molecular formula is C16H26N2. The molecule has 0 heterocycles. The number of benzene rings is 1. The van der Waals surface area contributed by atoms with Gasteiger partial charge in [0, 0.05) is 11.7 Å². The Bertz CT molecular complexity index is 367. The molecule has 18 heavy (non-hydrogen) atoms. The van der Waals surface area contributed by atoms with Crippen LogP contribution in [0, 0.1) is 5.41 Å². The zero-order valence-corrected chi connectivity index (χ0v) is 11.7. The average molecular weight is 246 g/mol. The highest BCUT2D eigenvalue weighted by Gasteiger charge is 2.30. The lowest BCUT2D eigenvalue weighted by atomic mass is 9.92. The Morgan fingerprint density at radius 3 is 2.61 bits per heavy atom. The summed E-state index contributed by atoms with van der Waals surface area (Å²) >= 11 is 0. The summed E-state index contributed by atoms with van der Waals surface area (Å²) in [6.07, 6.45) is 6.39. The first-order chi connectivity index (χ1) is 8.55. The number of nitrogens with two attached hydrogens (primary N) is 1. The lowest BCUT2D eigenvalue weighted by Gasteiger charge is -2.17. The largest absolute Gasteiger partial charge is 0.399 e. The third-order valence-electron chi connectivity index (χ3n) is 4.02. The molecule has 1 saturated carbocycles. The molecule has 1 aromatic rings. The van der Waals surface area contributed by atoms with Crippen molar-refractivity contribution in [3.05, 3.63) is 29.8 Å². The fraction of sp³-hybridized carbons (Fsp3) is 0.625. The molecule has 0 amide bonds. The maximum Gasteiger partial charge on any atom is 0.0314 e. The van der Waals surface area contributed by atoms with E-state index in [1.54, 1.807) is 0 Å². The minimum atomic E-state index is 0.550. The number of nitrogen functional groups attached to an aromatic ring is 1. The van der Waals surface area contributed by atoms with Gasteiger partial charge in [0.15, 0.2) is 0 Å². The van der Waals surface area contributed by atoms with Crippen molar-refractivity contribution in [3.8, 4) is 0 Å². The van der Waals surface area contributed by atoms with Crippen LogP contribution in [0.1, 0.15) is 45.1 Å². The van der Waals surface area contributed by atoms with Crippen molar-refractivity contribution < 1.29 is 0 Å². The first-order valence-electron chi connectivity index (χ1n) is 7.13. The SMILES string of the molecule is CC1(C)CCC(NCCCc2ccc(N)cc2)C1. The second-order valence-corrected chi connectivity index (χ2v) is 6.40. The summed E-state index contributed by atoms with van der Waals surface area (Å²) in [5, 5.41) is 3.69. The predicted molar refractivity (Wildman–Crippen MR) is 78.6 cm³/mol. The van der Waals surface area contributed by atoms with Crippen molar-refractivity contribution in [1.29, 1.82) is 0 Å². The second kappa shape index (κ2) is 5.75. The highest BCUT2D eigenvalue weighted by atomic mass is 14.9. The average Bonchev–Trinajstić information content (AvgIpc) is 2.67. The molecule has 2 rings (SSSR count). The van der Waals surface area contributed by atoms with Crippen LogP contribution in [0.15, 0.2) is 24.3 Å². The summed E-state index contributed by atoms with van der Waals surface area (Å²) in [5.74, 6) is 0. The van der Waals surface area contributed by atoms with E-state index in [4.69, 9.17) is 5.73 Å². The van der Waals surface area contributed by atoms with Crippen LogP contribution in [0.25, 0.3) is 0 Å². The van der Waals surface area contributed by atoms with Gasteiger partial charge in [0.1, 0.15) is 0 Å². The topological polar surface area (TPSA) is 38.0 Å². The lowest BCUT2D eigenvalue weighted by Crippen LogP contribution is -2.28. The van der Waals surface area contributed by atoms with Gasteiger partial charge < -0.3 is 11.1 Å². The maximum absolute atomic E-state index is 5.68. The van der Waals surface area contributed by atoms with E-state index in [2.05, 4.69) is 31.3 Å². The summed E-state index contributed by atoms with van der Waals surface area (Å²) in [5.41, 5.74) is 8.47. The zero-order chi connectivity index (χ0) is 13.0. The maximum atomic E-state index is 5.68. The van der Waals surface area contributed by atoms with Crippen LogP contribution in [0.2, 0.25) is 0 Å². The lowest BCUT2D eigenvalue weighted by molar-refractivity contribution is 0.364. The molecule has 1 unspecified atom stereocenters. The van der Waals surface area contributed by atoms with Gasteiger partial charge in [0.05, 0.1) is 0 Å². The van der Waals surface area contributed by atoms with E-state index in [1.807, 2.05) is 12.1 Å². The first kappa shape index (κ1) is 13.4. The monoisotopic (exact) mass is 246 g/mol. The quantitative estimate of drug-likeness (QED) is 0.617. The van der Waals surface area contributed by atoms with Crippen LogP contribution in [0.4, 0.5) is 5.69 Å². The van der Waals surface area contributed by atoms with Crippen molar-refractivity contribution in [1.82, 2.24) is 5.32 Å². The molecule has 3 N–H and O–H groups in total. The van der Waals surface area contributed by atoms with Crippen LogP contribution >= 0.6 is 0 Å². The van der Waals surface area contributed by atoms with E-state index in [9.17, 15) is 0 Å². The van der Waals surface area contributed by atoms with Gasteiger partial charge >= 0.3 is 0 Å². The number of aryl methyl sites for hydroxylation is 1. The number of rotatable bonds is 5. The van der Waals surface area contributed by atoms with Gasteiger partial charge in [-0.05, 0) is 61.8 Å². The van der Waals surface area contributed by atoms with Gasteiger partial charge in [-0.3, -0.25) is 0 Å². The van der Waals surface area contributed by atoms with Crippen LogP contribution in [0.3, 0.4) is 0 Å². The minimum absolute atomic E-state index is 0.550. The molecule has 1 aliphatic carbocycles. The number of anilines is 1. The van der Waals surface area contributed by atoms with Gasteiger partial charge in [-0.1, -0.05) is 26.0 Å². The summed E-state index contributed by atoms with van der Waals surface area (Å²) in [6, 6.07) is 8.98. The van der Waals surface area contributed by atoms with Crippen molar-refractivity contribution in [2.75, 3.05) is 12.3 Å². The number of nitrogens with one attached hydrogen (secondary N) is 1. The Balaban J connectivity index is 1.63. The van der Waals surface area contributed by atoms with Crippen LogP contribution < -0.4 is 11.1 Å².